The average molecular weight is 2110 g/mol. The van der Waals surface area contributed by atoms with Crippen molar-refractivity contribution in [3.8, 4) is 0 Å². The van der Waals surface area contributed by atoms with E-state index in [1.807, 2.05) is 0 Å². The number of nitrogens with one attached hydrogen (secondary N) is 4. The van der Waals surface area contributed by atoms with Crippen LogP contribution in [0.25, 0.3) is 0 Å². The van der Waals surface area contributed by atoms with E-state index >= 15 is 0 Å². The van der Waals surface area contributed by atoms with Crippen molar-refractivity contribution in [2.75, 3.05) is 72.7 Å². The molecule has 0 aliphatic carbocycles. The summed E-state index contributed by atoms with van der Waals surface area (Å²) in [6, 6.07) is -8.05. The predicted octanol–water partition coefficient (Wildman–Crippen LogP) is -25.6. The van der Waals surface area contributed by atoms with Crippen LogP contribution in [0.3, 0.4) is 0 Å². The minimum absolute atomic E-state index is 0.874. The summed E-state index contributed by atoms with van der Waals surface area (Å²) >= 11 is 0. The number of aliphatic hydroxyl groups excluding tert-OH is 33. The van der Waals surface area contributed by atoms with Crippen LogP contribution in [0, 0.1) is 0 Å². The van der Waals surface area contributed by atoms with Crippen LogP contribution >= 0.6 is 0 Å². The molecule has 144 heavy (non-hydrogen) atoms. The summed E-state index contributed by atoms with van der Waals surface area (Å²) in [6.07, 6.45) is -120. The minimum Gasteiger partial charge on any atom is -0.394 e. The molecular formula is C80H134N4O60. The number of hydrogen-bond donors (Lipinski definition) is 37. The summed E-state index contributed by atoms with van der Waals surface area (Å²) in [5, 5.41) is 380. The van der Waals surface area contributed by atoms with Gasteiger partial charge in [0, 0.05) is 27.7 Å². The molecule has 0 saturated carbocycles. The molecule has 0 spiro atoms. The van der Waals surface area contributed by atoms with E-state index in [9.17, 15) is 188 Å². The predicted molar refractivity (Wildman–Crippen MR) is 440 cm³/mol. The Morgan fingerprint density at radius 2 is 0.424 bits per heavy atom. The van der Waals surface area contributed by atoms with E-state index in [1.165, 1.54) is 6.92 Å². The summed E-state index contributed by atoms with van der Waals surface area (Å²) in [5.41, 5.74) is 0. The molecule has 12 aliphatic rings. The van der Waals surface area contributed by atoms with Gasteiger partial charge in [0.05, 0.1) is 78.8 Å². The van der Waals surface area contributed by atoms with E-state index < -0.39 is 465 Å². The van der Waals surface area contributed by atoms with Crippen molar-refractivity contribution in [2.24, 2.45) is 0 Å². The smallest absolute Gasteiger partial charge is 0.217 e. The van der Waals surface area contributed by atoms with E-state index in [2.05, 4.69) is 21.3 Å². The van der Waals surface area contributed by atoms with Crippen molar-refractivity contribution in [3.63, 3.8) is 0 Å². The molecule has 12 rings (SSSR count). The van der Waals surface area contributed by atoms with Gasteiger partial charge in [-0.15, -0.1) is 0 Å². The third-order valence-electron chi connectivity index (χ3n) is 26.6. The fourth-order valence-electron chi connectivity index (χ4n) is 18.7. The van der Waals surface area contributed by atoms with Gasteiger partial charge < -0.3 is 299 Å². The number of carbonyl (C=O) groups is 4. The third kappa shape index (κ3) is 25.8. The summed E-state index contributed by atoms with van der Waals surface area (Å²) in [6.45, 7) is -7.77. The standard InChI is InChI=1S/C80H134N4O60/c1-17-37(98)49(110)54(115)73(124-17)122-16-32-63(45(106)33(69(121)125-32)81-18(2)94)136-70-34(82-19(3)95)46(107)62(28(12-91)132-70)139-78-59(120)66(142-80-68(53(114)41(102)25(9-88)131-80)144-72-36(84-21(5)97)48(109)61(30(14-93)134-72)138-77-58(119)65(43(104)27(11-90)129-77)141-75-56(117)51(112)39(100)23(7-86)127-75)44(105)31(135-78)15-123-79-67(52(113)40(101)24(8-87)130-79)143-71-35(83-20(4)96)47(108)60(29(13-92)133-71)137-76-57(118)64(42(103)26(10-89)128-76)140-74-55(116)50(111)38(99)22(6-85)126-74/h17,22-80,85-93,98-121H,6-16H2,1-5H3,(H,81,94)(H,82,95)(H,83,96)(H,84,97)/t17-,22-,23-,24-,25-,26-,27-,28-,29-,30-,31-,32-,33-,34-,35-,36+,37+,38+,39+,40-,41-,42+,43+,44-,45-,46-,47-,48-,49+,50+,51+,52+,53+,54-,55-,56-,57-,58-,59+,60-,61-,62-,63-,64+,65+,66+,67+,68+,69?,70+,71+,72+,73+,74-,75-,76+,77+,78+,79+,80-/m1/s1. The molecule has 1 unspecified atom stereocenters. The summed E-state index contributed by atoms with van der Waals surface area (Å²) in [7, 11) is 0. The number of aliphatic hydroxyl groups is 33. The zero-order chi connectivity index (χ0) is 106. The van der Waals surface area contributed by atoms with E-state index in [-0.39, 0.29) is 0 Å². The highest BCUT2D eigenvalue weighted by Crippen LogP contribution is 2.43. The molecule has 0 aromatic carbocycles. The first-order valence-corrected chi connectivity index (χ1v) is 46.0. The molecule has 64 nitrogen and oxygen atoms in total. The molecule has 0 aromatic heterocycles. The van der Waals surface area contributed by atoms with Gasteiger partial charge in [-0.1, -0.05) is 0 Å². The zero-order valence-corrected chi connectivity index (χ0v) is 77.2. The topological polar surface area (TPSA) is 996 Å². The Hall–Kier alpha value is -4.36. The minimum atomic E-state index is -2.71. The molecule has 12 aliphatic heterocycles. The number of carbonyl (C=O) groups excluding carboxylic acids is 4. The normalized spacial score (nSPS) is 50.4. The highest BCUT2D eigenvalue weighted by atomic mass is 16.8. The van der Waals surface area contributed by atoms with Gasteiger partial charge in [-0.3, -0.25) is 19.2 Å². The molecule has 0 aromatic rings. The molecular weight excluding hydrogens is 1980 g/mol. The molecule has 4 amide bonds. The van der Waals surface area contributed by atoms with Crippen LogP contribution in [0.1, 0.15) is 34.6 Å². The highest BCUT2D eigenvalue weighted by molar-refractivity contribution is 5.74. The van der Waals surface area contributed by atoms with E-state index in [1.54, 1.807) is 0 Å². The van der Waals surface area contributed by atoms with Gasteiger partial charge in [0.25, 0.3) is 0 Å². The van der Waals surface area contributed by atoms with Crippen molar-refractivity contribution >= 4 is 23.6 Å². The Morgan fingerprint density at radius 3 is 0.778 bits per heavy atom. The molecule has 60 atom stereocenters. The molecule has 12 heterocycles. The zero-order valence-electron chi connectivity index (χ0n) is 77.2. The maximum absolute atomic E-state index is 13.4. The number of hydrogen-bond acceptors (Lipinski definition) is 60. The van der Waals surface area contributed by atoms with Gasteiger partial charge in [-0.25, -0.2) is 0 Å². The van der Waals surface area contributed by atoms with Gasteiger partial charge in [0.15, 0.2) is 75.5 Å². The molecule has 12 fully saturated rings. The van der Waals surface area contributed by atoms with Crippen LogP contribution in [0.2, 0.25) is 0 Å². The Bertz CT molecular complexity index is 3980. The fourth-order valence-corrected chi connectivity index (χ4v) is 18.7. The summed E-state index contributed by atoms with van der Waals surface area (Å²) in [5.74, 6) is -3.98. The van der Waals surface area contributed by atoms with Gasteiger partial charge in [0.1, 0.15) is 287 Å². The lowest BCUT2D eigenvalue weighted by Crippen LogP contribution is -2.71. The quantitative estimate of drug-likeness (QED) is 0.0275. The number of ether oxygens (including phenoxy) is 23. The lowest BCUT2D eigenvalue weighted by molar-refractivity contribution is -0.400. The first kappa shape index (κ1) is 118. The van der Waals surface area contributed by atoms with Gasteiger partial charge >= 0.3 is 0 Å². The van der Waals surface area contributed by atoms with Crippen molar-refractivity contribution in [2.45, 2.75) is 403 Å². The fraction of sp³-hybridized carbons (Fsp3) is 0.950. The second-order valence-electron chi connectivity index (χ2n) is 36.6. The van der Waals surface area contributed by atoms with Crippen LogP contribution < -0.4 is 21.3 Å². The second kappa shape index (κ2) is 51.6. The van der Waals surface area contributed by atoms with Gasteiger partial charge in [-0.2, -0.15) is 0 Å². The van der Waals surface area contributed by atoms with E-state index in [0.29, 0.717) is 0 Å². The third-order valence-corrected chi connectivity index (χ3v) is 26.6. The molecule has 12 saturated heterocycles. The van der Waals surface area contributed by atoms with Crippen molar-refractivity contribution in [1.82, 2.24) is 21.3 Å². The van der Waals surface area contributed by atoms with Crippen LogP contribution in [-0.2, 0) is 128 Å². The Balaban J connectivity index is 0.856. The van der Waals surface area contributed by atoms with Crippen molar-refractivity contribution in [1.29, 1.82) is 0 Å². The Kier molecular flexibility index (Phi) is 42.4. The van der Waals surface area contributed by atoms with Gasteiger partial charge in [-0.05, 0) is 6.92 Å². The molecule has 834 valence electrons. The number of rotatable bonds is 37. The lowest BCUT2D eigenvalue weighted by atomic mass is 9.93. The van der Waals surface area contributed by atoms with Gasteiger partial charge in [0.2, 0.25) is 23.6 Å². The Morgan fingerprint density at radius 1 is 0.194 bits per heavy atom. The van der Waals surface area contributed by atoms with Crippen LogP contribution in [-0.4, -0.2) is 633 Å². The van der Waals surface area contributed by atoms with Crippen LogP contribution in [0.15, 0.2) is 0 Å². The molecule has 0 bridgehead atoms. The summed E-state index contributed by atoms with van der Waals surface area (Å²) < 4.78 is 137. The SMILES string of the molecule is CC(=O)N[C@@H]1[C@H](O[C@@H]2[C@@H](O[C@@H]3[C@H](O)[C@H](O[C@H]4[C@H](O)[C@@H](NC(C)=O)[C@H](O[C@H]5[C@H](O)[C@@H](NC(C)=O)C(O)O[C@@H]5CO[C@H]5O[C@H](C)[C@H](O)[C@H](O)[C@H]5O)O[C@@H]4CO)O[C@H](CO[C@H]4O[C@H](CO)[C@@H](O)[C@H](O)[C@@H]4O[C@@H]4O[C@H](CO)[C@@H](O[C@@H]5O[C@H](CO)[C@H](O)[C@H](O[C@H]6O[C@H](CO)[C@H](O)[C@H](O)[C@H]6O)[C@H]5O)[C@H](O)[C@H]4NC(C)=O)[C@H]3O)O[C@H](CO)[C@@H](O)[C@@H]2O)O[C@H](CO)[C@@H](O[C@@H]2O[C@H](CO)[C@H](O)[C@H](O[C@H]3O[C@H](CO)[C@H](O)[C@H](O)[C@H]3O)[C@H]2O)[C@@H]1O. The maximum Gasteiger partial charge on any atom is 0.217 e. The van der Waals surface area contributed by atoms with Crippen molar-refractivity contribution in [3.05, 3.63) is 0 Å². The van der Waals surface area contributed by atoms with E-state index in [0.717, 1.165) is 27.7 Å². The largest absolute Gasteiger partial charge is 0.394 e. The monoisotopic (exact) mass is 2110 g/mol. The molecule has 64 heteroatoms. The Labute approximate surface area is 814 Å². The van der Waals surface area contributed by atoms with Crippen molar-refractivity contribution < 1.29 is 297 Å². The van der Waals surface area contributed by atoms with Crippen LogP contribution in [0.4, 0.5) is 0 Å². The maximum atomic E-state index is 13.4. The molecule has 0 radical (unpaired) electrons. The first-order valence-electron chi connectivity index (χ1n) is 46.0. The number of amides is 4. The molecule has 37 N–H and O–H groups in total. The first-order chi connectivity index (χ1) is 68.1. The lowest BCUT2D eigenvalue weighted by Gasteiger charge is -2.51. The van der Waals surface area contributed by atoms with Crippen LogP contribution in [0.5, 0.6) is 0 Å². The second-order valence-corrected chi connectivity index (χ2v) is 36.6. The highest BCUT2D eigenvalue weighted by Gasteiger charge is 2.64. The van der Waals surface area contributed by atoms with E-state index in [4.69, 9.17) is 109 Å². The average Bonchev–Trinajstić information content (AvgIpc) is 0.771. The summed E-state index contributed by atoms with van der Waals surface area (Å²) in [4.78, 5) is 52.5.